The average Bonchev–Trinajstić information content (AvgIpc) is 4.06. The molecule has 10 rings (SSSR count). The Labute approximate surface area is 336 Å². The van der Waals surface area contributed by atoms with Gasteiger partial charge in [-0.05, 0) is 22.9 Å². The molecule has 0 amide bonds. The zero-order valence-corrected chi connectivity index (χ0v) is 33.8. The molecule has 11 nitrogen and oxygen atoms in total. The molecule has 0 saturated carbocycles. The fourth-order valence-corrected chi connectivity index (χ4v) is 6.18. The number of benzene rings is 4. The Bertz CT molecular complexity index is 2320. The molecule has 3 N–H and O–H groups in total. The fourth-order valence-electron chi connectivity index (χ4n) is 6.18. The Kier molecular flexibility index (Phi) is 12.6. The first kappa shape index (κ1) is 36.6. The number of hydrogen-bond acceptors (Lipinski definition) is 3. The van der Waals surface area contributed by atoms with E-state index in [1.54, 1.807) is 31.2 Å². The third kappa shape index (κ3) is 7.81. The van der Waals surface area contributed by atoms with E-state index in [4.69, 9.17) is 30.0 Å². The molecule has 10 aromatic rings. The second-order valence-corrected chi connectivity index (χ2v) is 14.1. The molecule has 0 aliphatic heterocycles. The Morgan fingerprint density at radius 1 is 0.698 bits per heavy atom. The van der Waals surface area contributed by atoms with Gasteiger partial charge in [-0.2, -0.15) is 1.37 Å². The van der Waals surface area contributed by atoms with Gasteiger partial charge < -0.3 is 43.0 Å². The van der Waals surface area contributed by atoms with Crippen LogP contribution in [0.25, 0.3) is 66.4 Å². The molecule has 0 aliphatic rings. The molecular weight excluding hydrogens is 1100 g/mol. The van der Waals surface area contributed by atoms with E-state index in [1.807, 2.05) is 80.2 Å². The van der Waals surface area contributed by atoms with Gasteiger partial charge in [0, 0.05) is 71.7 Å². The van der Waals surface area contributed by atoms with E-state index >= 15 is 0 Å². The van der Waals surface area contributed by atoms with E-state index in [9.17, 15) is 0 Å². The van der Waals surface area contributed by atoms with Crippen LogP contribution in [-0.2, 0) is 40.0 Å². The van der Waals surface area contributed by atoms with Crippen LogP contribution >= 0.6 is 28.3 Å². The third-order valence-corrected chi connectivity index (χ3v) is 8.24. The van der Waals surface area contributed by atoms with Crippen LogP contribution in [0.5, 0.6) is 0 Å². The number of H-pyrrole nitrogens is 3. The minimum Gasteiger partial charge on any atom is -0.666 e. The average molecular weight is 1120 g/mol. The van der Waals surface area contributed by atoms with Gasteiger partial charge in [0.1, 0.15) is 0 Å². The van der Waals surface area contributed by atoms with E-state index in [0.717, 1.165) is 62.4 Å². The minimum absolute atomic E-state index is 0.472. The Hall–Kier alpha value is -4.76. The van der Waals surface area contributed by atoms with Crippen LogP contribution in [0.2, 0.25) is 0 Å². The van der Waals surface area contributed by atoms with Crippen molar-refractivity contribution in [2.75, 3.05) is 0 Å². The van der Waals surface area contributed by atoms with Crippen molar-refractivity contribution >= 4 is 78.6 Å². The molecule has 6 heterocycles. The zero-order valence-electron chi connectivity index (χ0n) is 28.0. The predicted octanol–water partition coefficient (Wildman–Crippen LogP) is 7.24. The summed E-state index contributed by atoms with van der Waals surface area (Å²) in [5.74, 6) is 0. The SMILES string of the molecule is [2H][C-]=O.[Cl][Pt].[Cl][Pt][Cl].[c-]1[nH+]ccn1-c1cccc2c1[n-]c1c(-n3[c-][nH+]cc3)cccc12.c1cc(-n2ccnc2)c2[nH]c3c(-n4ccnc4)cccc3c2c1. The summed E-state index contributed by atoms with van der Waals surface area (Å²) in [7, 11) is 14.4. The number of rotatable bonds is 4. The van der Waals surface area contributed by atoms with Crippen molar-refractivity contribution in [1.29, 1.82) is 0 Å². The largest absolute Gasteiger partial charge is 0.666 e. The van der Waals surface area contributed by atoms with Gasteiger partial charge in [0.15, 0.2) is 0 Å². The van der Waals surface area contributed by atoms with Crippen molar-refractivity contribution in [2.45, 2.75) is 0 Å². The number of aromatic nitrogens is 10. The van der Waals surface area contributed by atoms with E-state index in [1.165, 1.54) is 10.8 Å². The summed E-state index contributed by atoms with van der Waals surface area (Å²) in [4.78, 5) is 31.1. The maximum Gasteiger partial charge on any atom is 0.241 e. The predicted molar refractivity (Wildman–Crippen MR) is 199 cm³/mol. The summed E-state index contributed by atoms with van der Waals surface area (Å²) in [5, 5.41) is 4.68. The van der Waals surface area contributed by atoms with E-state index in [0.29, 0.717) is 0 Å². The van der Waals surface area contributed by atoms with E-state index in [-0.39, 0.29) is 0 Å². The molecule has 6 aromatic heterocycles. The van der Waals surface area contributed by atoms with Gasteiger partial charge in [-0.25, -0.2) is 9.97 Å². The summed E-state index contributed by atoms with van der Waals surface area (Å²) in [6.07, 6.45) is 24.8. The zero-order chi connectivity index (χ0) is 37.9. The van der Waals surface area contributed by atoms with Crippen LogP contribution in [-0.4, -0.2) is 40.0 Å². The maximum absolute atomic E-state index is 8.35. The van der Waals surface area contributed by atoms with Crippen molar-refractivity contribution in [1.82, 2.24) is 38.2 Å². The number of nitrogens with one attached hydrogen (secondary N) is 3. The second-order valence-electron chi connectivity index (χ2n) is 10.9. The van der Waals surface area contributed by atoms with Crippen molar-refractivity contribution in [3.8, 4) is 22.7 Å². The Morgan fingerprint density at radius 2 is 1.09 bits per heavy atom. The van der Waals surface area contributed by atoms with Crippen molar-refractivity contribution in [3.63, 3.8) is 0 Å². The molecule has 0 atom stereocenters. The number of nitrogens with zero attached hydrogens (tertiary/aromatic N) is 7. The summed E-state index contributed by atoms with van der Waals surface area (Å²) in [6.45, 7) is 0.750. The normalized spacial score (nSPS) is 10.8. The molecule has 0 saturated heterocycles. The smallest absolute Gasteiger partial charge is 0.241 e. The first-order chi connectivity index (χ1) is 26.7. The quantitative estimate of drug-likeness (QED) is 0.148. The molecule has 0 unspecified atom stereocenters. The number of halogens is 3. The fraction of sp³-hybridized carbons (Fsp3) is 0. The van der Waals surface area contributed by atoms with Crippen LogP contribution in [0.1, 0.15) is 1.37 Å². The van der Waals surface area contributed by atoms with Gasteiger partial charge in [-0.1, -0.05) is 60.7 Å². The number of para-hydroxylation sites is 4. The first-order valence-electron chi connectivity index (χ1n) is 15.8. The van der Waals surface area contributed by atoms with Crippen LogP contribution in [0, 0.1) is 12.7 Å². The summed E-state index contributed by atoms with van der Waals surface area (Å²) in [5.41, 5.74) is 8.34. The summed E-state index contributed by atoms with van der Waals surface area (Å²) < 4.78 is 13.3. The maximum atomic E-state index is 8.35. The van der Waals surface area contributed by atoms with Gasteiger partial charge in [-0.3, -0.25) is 6.77 Å². The summed E-state index contributed by atoms with van der Waals surface area (Å²) >= 11 is 1.14. The van der Waals surface area contributed by atoms with Gasteiger partial charge in [-0.15, -0.1) is 11.0 Å². The molecule has 53 heavy (non-hydrogen) atoms. The van der Waals surface area contributed by atoms with Crippen LogP contribution in [0.3, 0.4) is 0 Å². The van der Waals surface area contributed by atoms with Crippen molar-refractivity contribution in [3.05, 3.63) is 148 Å². The third-order valence-electron chi connectivity index (χ3n) is 8.24. The second kappa shape index (κ2) is 18.3. The molecule has 0 spiro atoms. The van der Waals surface area contributed by atoms with Gasteiger partial charge in [0.05, 0.1) is 35.1 Å². The molecule has 0 aliphatic carbocycles. The van der Waals surface area contributed by atoms with Crippen molar-refractivity contribution < 1.29 is 51.4 Å². The monoisotopic (exact) mass is 1120 g/mol. The van der Waals surface area contributed by atoms with E-state index in [2.05, 4.69) is 108 Å². The number of aromatic amines is 3. The molecule has 0 bridgehead atoms. The van der Waals surface area contributed by atoms with Crippen LogP contribution in [0.15, 0.2) is 135 Å². The number of hydrogen-bond donors (Lipinski definition) is 1. The van der Waals surface area contributed by atoms with Gasteiger partial charge >= 0.3 is 63.5 Å². The molecule has 273 valence electrons. The van der Waals surface area contributed by atoms with Crippen LogP contribution < -0.4 is 15.0 Å². The standard InChI is InChI=1S/C18H13N5.C18H12N5.CHO.3ClH.2Pt/c2*1-3-13-14-4-2-6-16(23-10-8-20-12-23)18(14)21-17(13)15(5-1)22-9-7-19-11-22;1-2;;;;;/h1-12,21H;1-10,19-20H;1H;3*1H;;/q;2*-1;;;;+1;+2/p-3/i;;1D;;;;;. The van der Waals surface area contributed by atoms with Gasteiger partial charge in [0.25, 0.3) is 0 Å². The molecule has 0 fully saturated rings. The first-order valence-corrected chi connectivity index (χ1v) is 23.8. The van der Waals surface area contributed by atoms with Crippen molar-refractivity contribution in [2.24, 2.45) is 0 Å². The molecule has 16 heteroatoms. The van der Waals surface area contributed by atoms with Crippen LogP contribution in [0.4, 0.5) is 0 Å². The minimum atomic E-state index is -0.472. The van der Waals surface area contributed by atoms with E-state index < -0.39 is 16.5 Å². The summed E-state index contributed by atoms with van der Waals surface area (Å²) in [6, 6.07) is 25.0. The topological polar surface area (TPSA) is 121 Å². The van der Waals surface area contributed by atoms with Gasteiger partial charge in [0.2, 0.25) is 12.7 Å². The molecule has 0 radical (unpaired) electrons. The molecular formula is C37H26Cl3N10OPt2-2. The number of fused-ring (bicyclic) bond motifs is 6. The number of imidazole rings is 4. The number of carbonyl (C=O) groups excluding carboxylic acids is 1. The molecule has 4 aromatic carbocycles. The Balaban J connectivity index is 0.000000155. The Morgan fingerprint density at radius 3 is 1.45 bits per heavy atom.